The average Bonchev–Trinajstić information content (AvgIpc) is 2.28. The number of rotatable bonds is 5. The number of ether oxygens (including phenoxy) is 1. The number of nitrogens with two attached hydrogens (primary N) is 1. The highest BCUT2D eigenvalue weighted by molar-refractivity contribution is 7.89. The molecule has 3 N–H and O–H groups in total. The van der Waals surface area contributed by atoms with Crippen LogP contribution in [0.15, 0.2) is 29.2 Å². The second-order valence-corrected chi connectivity index (χ2v) is 5.09. The fourth-order valence-corrected chi connectivity index (χ4v) is 2.64. The van der Waals surface area contributed by atoms with Gasteiger partial charge in [-0.3, -0.25) is 0 Å². The third-order valence-corrected chi connectivity index (χ3v) is 3.70. The topological polar surface area (TPSA) is 81.4 Å². The second kappa shape index (κ2) is 5.29. The molecule has 0 aliphatic carbocycles. The van der Waals surface area contributed by atoms with Gasteiger partial charge in [0.15, 0.2) is 0 Å². The highest BCUT2D eigenvalue weighted by atomic mass is 32.2. The summed E-state index contributed by atoms with van der Waals surface area (Å²) >= 11 is 0. The molecule has 1 rings (SSSR count). The molecule has 0 bridgehead atoms. The van der Waals surface area contributed by atoms with Crippen LogP contribution in [0, 0.1) is 0 Å². The third kappa shape index (κ3) is 2.94. The zero-order valence-corrected chi connectivity index (χ0v) is 10.1. The van der Waals surface area contributed by atoms with E-state index in [4.69, 9.17) is 10.5 Å². The Balaban J connectivity index is 3.07. The van der Waals surface area contributed by atoms with Gasteiger partial charge in [-0.1, -0.05) is 12.1 Å². The van der Waals surface area contributed by atoms with Crippen molar-refractivity contribution in [2.24, 2.45) is 5.73 Å². The van der Waals surface area contributed by atoms with Gasteiger partial charge in [0.2, 0.25) is 10.0 Å². The predicted octanol–water partition coefficient (Wildman–Crippen LogP) is 0.321. The summed E-state index contributed by atoms with van der Waals surface area (Å²) in [5.74, 6) is 0.319. The Morgan fingerprint density at radius 2 is 2.06 bits per heavy atom. The van der Waals surface area contributed by atoms with Gasteiger partial charge in [0.1, 0.15) is 10.6 Å². The van der Waals surface area contributed by atoms with E-state index in [1.165, 1.54) is 13.2 Å². The van der Waals surface area contributed by atoms with Gasteiger partial charge in [0, 0.05) is 12.6 Å². The fraction of sp³-hybridized carbons (Fsp3) is 0.400. The lowest BCUT2D eigenvalue weighted by Crippen LogP contribution is -2.37. The van der Waals surface area contributed by atoms with Gasteiger partial charge in [-0.15, -0.1) is 0 Å². The Bertz CT molecular complexity index is 445. The van der Waals surface area contributed by atoms with Crippen LogP contribution in [0.2, 0.25) is 0 Å². The van der Waals surface area contributed by atoms with Gasteiger partial charge in [-0.05, 0) is 19.1 Å². The number of sulfonamides is 1. The van der Waals surface area contributed by atoms with Crippen LogP contribution >= 0.6 is 0 Å². The van der Waals surface area contributed by atoms with Crippen LogP contribution in [0.1, 0.15) is 6.92 Å². The number of methoxy groups -OCH3 is 1. The first-order valence-corrected chi connectivity index (χ1v) is 6.35. The SMILES string of the molecule is COc1ccccc1S(=O)(=O)NC(C)CN. The molecule has 0 radical (unpaired) electrons. The van der Waals surface area contributed by atoms with E-state index < -0.39 is 10.0 Å². The summed E-state index contributed by atoms with van der Waals surface area (Å²) in [6.07, 6.45) is 0. The molecule has 0 aromatic heterocycles. The molecule has 6 heteroatoms. The van der Waals surface area contributed by atoms with Crippen molar-refractivity contribution < 1.29 is 13.2 Å². The first kappa shape index (κ1) is 13.0. The zero-order chi connectivity index (χ0) is 12.2. The van der Waals surface area contributed by atoms with Crippen molar-refractivity contribution in [1.29, 1.82) is 0 Å². The van der Waals surface area contributed by atoms with Gasteiger partial charge in [-0.25, -0.2) is 13.1 Å². The molecule has 0 fully saturated rings. The van der Waals surface area contributed by atoms with Crippen LogP contribution < -0.4 is 15.2 Å². The molecule has 1 aromatic rings. The Morgan fingerprint density at radius 3 is 2.62 bits per heavy atom. The maximum atomic E-state index is 11.9. The quantitative estimate of drug-likeness (QED) is 0.781. The molecule has 0 amide bonds. The summed E-state index contributed by atoms with van der Waals surface area (Å²) in [6.45, 7) is 1.95. The van der Waals surface area contributed by atoms with Crippen molar-refractivity contribution in [1.82, 2.24) is 4.72 Å². The minimum atomic E-state index is -3.57. The minimum Gasteiger partial charge on any atom is -0.495 e. The molecule has 0 heterocycles. The standard InChI is InChI=1S/C10H16N2O3S/c1-8(7-11)12-16(13,14)10-6-4-3-5-9(10)15-2/h3-6,8,12H,7,11H2,1-2H3. The summed E-state index contributed by atoms with van der Waals surface area (Å²) in [7, 11) is -2.14. The lowest BCUT2D eigenvalue weighted by Gasteiger charge is -2.13. The van der Waals surface area contributed by atoms with Gasteiger partial charge in [-0.2, -0.15) is 0 Å². The van der Waals surface area contributed by atoms with E-state index in [9.17, 15) is 8.42 Å². The van der Waals surface area contributed by atoms with Crippen LogP contribution in [0.25, 0.3) is 0 Å². The number of hydrogen-bond donors (Lipinski definition) is 2. The predicted molar refractivity (Wildman–Crippen MR) is 61.8 cm³/mol. The van der Waals surface area contributed by atoms with Gasteiger partial charge in [0.25, 0.3) is 0 Å². The second-order valence-electron chi connectivity index (χ2n) is 3.41. The maximum Gasteiger partial charge on any atom is 0.244 e. The number of benzene rings is 1. The van der Waals surface area contributed by atoms with E-state index in [0.29, 0.717) is 5.75 Å². The number of hydrogen-bond acceptors (Lipinski definition) is 4. The molecular formula is C10H16N2O3S. The molecule has 0 saturated carbocycles. The zero-order valence-electron chi connectivity index (χ0n) is 9.30. The highest BCUT2D eigenvalue weighted by Gasteiger charge is 2.20. The van der Waals surface area contributed by atoms with Gasteiger partial charge >= 0.3 is 0 Å². The largest absolute Gasteiger partial charge is 0.495 e. The van der Waals surface area contributed by atoms with E-state index in [-0.39, 0.29) is 17.5 Å². The van der Waals surface area contributed by atoms with Crippen LogP contribution in [-0.4, -0.2) is 28.1 Å². The summed E-state index contributed by atoms with van der Waals surface area (Å²) in [5.41, 5.74) is 5.37. The highest BCUT2D eigenvalue weighted by Crippen LogP contribution is 2.22. The minimum absolute atomic E-state index is 0.123. The van der Waals surface area contributed by atoms with Crippen LogP contribution in [0.3, 0.4) is 0 Å². The molecule has 0 aliphatic rings. The normalized spacial score (nSPS) is 13.4. The molecule has 0 spiro atoms. The van der Waals surface area contributed by atoms with Crippen LogP contribution in [0.5, 0.6) is 5.75 Å². The molecular weight excluding hydrogens is 228 g/mol. The first-order chi connectivity index (χ1) is 7.51. The summed E-state index contributed by atoms with van der Waals surface area (Å²) in [4.78, 5) is 0.123. The van der Waals surface area contributed by atoms with Gasteiger partial charge in [0.05, 0.1) is 7.11 Å². The Kier molecular flexibility index (Phi) is 4.28. The molecule has 1 atom stereocenters. The van der Waals surface area contributed by atoms with Crippen molar-refractivity contribution in [3.05, 3.63) is 24.3 Å². The van der Waals surface area contributed by atoms with Gasteiger partial charge < -0.3 is 10.5 Å². The van der Waals surface area contributed by atoms with Crippen molar-refractivity contribution in [3.8, 4) is 5.75 Å². The first-order valence-electron chi connectivity index (χ1n) is 4.86. The molecule has 90 valence electrons. The smallest absolute Gasteiger partial charge is 0.244 e. The van der Waals surface area contributed by atoms with Crippen molar-refractivity contribution in [3.63, 3.8) is 0 Å². The maximum absolute atomic E-state index is 11.9. The Labute approximate surface area is 95.7 Å². The van der Waals surface area contributed by atoms with E-state index in [0.717, 1.165) is 0 Å². The van der Waals surface area contributed by atoms with E-state index in [1.54, 1.807) is 25.1 Å². The Morgan fingerprint density at radius 1 is 1.44 bits per heavy atom. The lowest BCUT2D eigenvalue weighted by molar-refractivity contribution is 0.402. The number of para-hydroxylation sites is 1. The fourth-order valence-electron chi connectivity index (χ4n) is 1.22. The van der Waals surface area contributed by atoms with Crippen molar-refractivity contribution >= 4 is 10.0 Å². The summed E-state index contributed by atoms with van der Waals surface area (Å²) in [6, 6.07) is 6.13. The van der Waals surface area contributed by atoms with Crippen LogP contribution in [0.4, 0.5) is 0 Å². The lowest BCUT2D eigenvalue weighted by atomic mass is 10.3. The molecule has 5 nitrogen and oxygen atoms in total. The Hall–Kier alpha value is -1.11. The average molecular weight is 244 g/mol. The number of nitrogens with one attached hydrogen (secondary N) is 1. The third-order valence-electron chi connectivity index (χ3n) is 2.07. The van der Waals surface area contributed by atoms with E-state index in [1.807, 2.05) is 0 Å². The molecule has 0 saturated heterocycles. The monoisotopic (exact) mass is 244 g/mol. The molecule has 0 aliphatic heterocycles. The van der Waals surface area contributed by atoms with Crippen molar-refractivity contribution in [2.45, 2.75) is 17.9 Å². The van der Waals surface area contributed by atoms with E-state index in [2.05, 4.69) is 4.72 Å². The van der Waals surface area contributed by atoms with Crippen molar-refractivity contribution in [2.75, 3.05) is 13.7 Å². The molecule has 16 heavy (non-hydrogen) atoms. The summed E-state index contributed by atoms with van der Waals surface area (Å²) < 4.78 is 31.3. The molecule has 1 aromatic carbocycles. The summed E-state index contributed by atoms with van der Waals surface area (Å²) in [5, 5.41) is 0. The molecule has 1 unspecified atom stereocenters. The van der Waals surface area contributed by atoms with Crippen LogP contribution in [-0.2, 0) is 10.0 Å². The van der Waals surface area contributed by atoms with E-state index >= 15 is 0 Å².